The summed E-state index contributed by atoms with van der Waals surface area (Å²) < 4.78 is 10.5. The number of carbonyl (C=O) groups is 2. The van der Waals surface area contributed by atoms with E-state index in [4.69, 9.17) is 9.47 Å². The summed E-state index contributed by atoms with van der Waals surface area (Å²) in [4.78, 5) is 22.0. The van der Waals surface area contributed by atoms with Crippen molar-refractivity contribution in [1.29, 1.82) is 0 Å². The molecule has 0 aliphatic heterocycles. The summed E-state index contributed by atoms with van der Waals surface area (Å²) in [5, 5.41) is 0. The minimum atomic E-state index is -0.649. The molecule has 1 unspecified atom stereocenters. The van der Waals surface area contributed by atoms with Crippen LogP contribution in [0.2, 0.25) is 0 Å². The highest BCUT2D eigenvalue weighted by molar-refractivity contribution is 5.75. The second-order valence-corrected chi connectivity index (χ2v) is 3.97. The average Bonchev–Trinajstić information content (AvgIpc) is 2.39. The fourth-order valence-corrected chi connectivity index (χ4v) is 1.31. The molecule has 1 aromatic rings. The van der Waals surface area contributed by atoms with E-state index in [9.17, 15) is 9.59 Å². The molecular formula is C14H18O4. The van der Waals surface area contributed by atoms with Crippen molar-refractivity contribution in [3.8, 4) is 5.75 Å². The zero-order valence-electron chi connectivity index (χ0n) is 10.7. The van der Waals surface area contributed by atoms with Crippen LogP contribution < -0.4 is 4.74 Å². The van der Waals surface area contributed by atoms with Gasteiger partial charge in [0, 0.05) is 5.56 Å². The lowest BCUT2D eigenvalue weighted by Crippen LogP contribution is -2.26. The van der Waals surface area contributed by atoms with Crippen molar-refractivity contribution in [2.45, 2.75) is 32.8 Å². The van der Waals surface area contributed by atoms with Gasteiger partial charge >= 0.3 is 5.97 Å². The summed E-state index contributed by atoms with van der Waals surface area (Å²) >= 11 is 0. The van der Waals surface area contributed by atoms with Crippen molar-refractivity contribution in [3.05, 3.63) is 29.8 Å². The third-order valence-corrected chi connectivity index (χ3v) is 2.40. The second kappa shape index (κ2) is 7.48. The maximum absolute atomic E-state index is 11.5. The Morgan fingerprint density at radius 2 is 2.00 bits per heavy atom. The monoisotopic (exact) mass is 250 g/mol. The highest BCUT2D eigenvalue weighted by Crippen LogP contribution is 2.13. The Balaban J connectivity index is 2.44. The normalized spacial score (nSPS) is 11.7. The van der Waals surface area contributed by atoms with E-state index in [1.165, 1.54) is 0 Å². The van der Waals surface area contributed by atoms with E-state index in [1.54, 1.807) is 31.2 Å². The van der Waals surface area contributed by atoms with Gasteiger partial charge in [-0.25, -0.2) is 4.79 Å². The van der Waals surface area contributed by atoms with Gasteiger partial charge < -0.3 is 9.47 Å². The first kappa shape index (κ1) is 14.2. The second-order valence-electron chi connectivity index (χ2n) is 3.97. The first-order valence-electron chi connectivity index (χ1n) is 6.06. The number of rotatable bonds is 7. The number of hydrogen-bond donors (Lipinski definition) is 0. The Kier molecular flexibility index (Phi) is 5.91. The minimum absolute atomic E-state index is 0.372. The van der Waals surface area contributed by atoms with Gasteiger partial charge in [-0.15, -0.1) is 0 Å². The third kappa shape index (κ3) is 4.57. The molecule has 0 fully saturated rings. The number of carbonyl (C=O) groups excluding carboxylic acids is 2. The molecule has 4 nitrogen and oxygen atoms in total. The summed E-state index contributed by atoms with van der Waals surface area (Å²) in [6.07, 6.45) is 1.94. The summed E-state index contributed by atoms with van der Waals surface area (Å²) in [6, 6.07) is 6.58. The molecule has 0 aliphatic carbocycles. The van der Waals surface area contributed by atoms with Crippen LogP contribution in [0.25, 0.3) is 0 Å². The highest BCUT2D eigenvalue weighted by Gasteiger charge is 2.15. The number of ether oxygens (including phenoxy) is 2. The highest BCUT2D eigenvalue weighted by atomic mass is 16.6. The first-order valence-corrected chi connectivity index (χ1v) is 6.06. The van der Waals surface area contributed by atoms with Crippen molar-refractivity contribution in [1.82, 2.24) is 0 Å². The molecule has 0 amide bonds. The van der Waals surface area contributed by atoms with E-state index in [-0.39, 0.29) is 5.97 Å². The lowest BCUT2D eigenvalue weighted by atomic mass is 10.2. The third-order valence-electron chi connectivity index (χ3n) is 2.40. The van der Waals surface area contributed by atoms with Crippen LogP contribution in [0.4, 0.5) is 0 Å². The number of hydrogen-bond acceptors (Lipinski definition) is 4. The first-order chi connectivity index (χ1) is 8.67. The molecule has 0 radical (unpaired) electrons. The molecule has 0 spiro atoms. The standard InChI is InChI=1S/C14H18O4/c1-3-4-9-17-14(16)11(2)18-13-7-5-12(10-15)6-8-13/h5-8,10-11H,3-4,9H2,1-2H3. The molecule has 0 bridgehead atoms. The van der Waals surface area contributed by atoms with Crippen molar-refractivity contribution < 1.29 is 19.1 Å². The molecular weight excluding hydrogens is 232 g/mol. The molecule has 0 aliphatic rings. The molecule has 98 valence electrons. The fraction of sp³-hybridized carbons (Fsp3) is 0.429. The molecule has 0 saturated carbocycles. The Labute approximate surface area is 107 Å². The zero-order chi connectivity index (χ0) is 13.4. The zero-order valence-corrected chi connectivity index (χ0v) is 10.7. The van der Waals surface area contributed by atoms with Crippen LogP contribution in [-0.4, -0.2) is 25.0 Å². The molecule has 1 atom stereocenters. The maximum Gasteiger partial charge on any atom is 0.347 e. The van der Waals surface area contributed by atoms with E-state index in [0.717, 1.165) is 19.1 Å². The van der Waals surface area contributed by atoms with Gasteiger partial charge in [-0.05, 0) is 37.6 Å². The van der Waals surface area contributed by atoms with Crippen LogP contribution in [0.15, 0.2) is 24.3 Å². The fourth-order valence-electron chi connectivity index (χ4n) is 1.31. The number of esters is 1. The molecule has 18 heavy (non-hydrogen) atoms. The average molecular weight is 250 g/mol. The molecule has 1 aromatic carbocycles. The van der Waals surface area contributed by atoms with Crippen LogP contribution in [0, 0.1) is 0 Å². The predicted molar refractivity (Wildman–Crippen MR) is 67.8 cm³/mol. The number of benzene rings is 1. The number of aldehydes is 1. The lowest BCUT2D eigenvalue weighted by Gasteiger charge is -2.13. The van der Waals surface area contributed by atoms with Crippen molar-refractivity contribution >= 4 is 12.3 Å². The van der Waals surface area contributed by atoms with Crippen LogP contribution in [-0.2, 0) is 9.53 Å². The number of unbranched alkanes of at least 4 members (excludes halogenated alkanes) is 1. The van der Waals surface area contributed by atoms with E-state index in [1.807, 2.05) is 6.92 Å². The summed E-state index contributed by atoms with van der Waals surface area (Å²) in [6.45, 7) is 4.09. The Morgan fingerprint density at radius 3 is 2.56 bits per heavy atom. The van der Waals surface area contributed by atoms with Gasteiger partial charge in [-0.3, -0.25) is 4.79 Å². The van der Waals surface area contributed by atoms with Gasteiger partial charge in [0.15, 0.2) is 6.10 Å². The largest absolute Gasteiger partial charge is 0.479 e. The maximum atomic E-state index is 11.5. The Hall–Kier alpha value is -1.84. The van der Waals surface area contributed by atoms with E-state index in [0.29, 0.717) is 17.9 Å². The van der Waals surface area contributed by atoms with Gasteiger partial charge in [0.05, 0.1) is 6.61 Å². The van der Waals surface area contributed by atoms with E-state index >= 15 is 0 Å². The summed E-state index contributed by atoms with van der Waals surface area (Å²) in [5.41, 5.74) is 0.570. The van der Waals surface area contributed by atoms with Gasteiger partial charge in [0.2, 0.25) is 0 Å². The Bertz CT molecular complexity index is 383. The molecule has 0 saturated heterocycles. The molecule has 4 heteroatoms. The lowest BCUT2D eigenvalue weighted by molar-refractivity contribution is -0.151. The summed E-state index contributed by atoms with van der Waals surface area (Å²) in [7, 11) is 0. The smallest absolute Gasteiger partial charge is 0.347 e. The molecule has 1 rings (SSSR count). The quantitative estimate of drug-likeness (QED) is 0.424. The van der Waals surface area contributed by atoms with Gasteiger partial charge in [-0.1, -0.05) is 13.3 Å². The molecule has 0 N–H and O–H groups in total. The molecule has 0 heterocycles. The Morgan fingerprint density at radius 1 is 1.33 bits per heavy atom. The topological polar surface area (TPSA) is 52.6 Å². The van der Waals surface area contributed by atoms with Gasteiger partial charge in [-0.2, -0.15) is 0 Å². The van der Waals surface area contributed by atoms with Crippen molar-refractivity contribution in [2.75, 3.05) is 6.61 Å². The van der Waals surface area contributed by atoms with Crippen LogP contribution in [0.3, 0.4) is 0 Å². The predicted octanol–water partition coefficient (Wildman–Crippen LogP) is 2.61. The van der Waals surface area contributed by atoms with Crippen molar-refractivity contribution in [2.24, 2.45) is 0 Å². The van der Waals surface area contributed by atoms with Gasteiger partial charge in [0.1, 0.15) is 12.0 Å². The van der Waals surface area contributed by atoms with E-state index < -0.39 is 6.10 Å². The van der Waals surface area contributed by atoms with Crippen molar-refractivity contribution in [3.63, 3.8) is 0 Å². The minimum Gasteiger partial charge on any atom is -0.479 e. The van der Waals surface area contributed by atoms with Crippen LogP contribution in [0.1, 0.15) is 37.0 Å². The van der Waals surface area contributed by atoms with E-state index in [2.05, 4.69) is 0 Å². The van der Waals surface area contributed by atoms with Crippen LogP contribution >= 0.6 is 0 Å². The summed E-state index contributed by atoms with van der Waals surface area (Å²) in [5.74, 6) is 0.170. The van der Waals surface area contributed by atoms with Crippen LogP contribution in [0.5, 0.6) is 5.75 Å². The SMILES string of the molecule is CCCCOC(=O)C(C)Oc1ccc(C=O)cc1. The molecule has 0 aromatic heterocycles. The van der Waals surface area contributed by atoms with Gasteiger partial charge in [0.25, 0.3) is 0 Å².